The van der Waals surface area contributed by atoms with Gasteiger partial charge in [0.05, 0.1) is 11.4 Å². The van der Waals surface area contributed by atoms with E-state index in [1.54, 1.807) is 0 Å². The van der Waals surface area contributed by atoms with Crippen molar-refractivity contribution in [1.82, 2.24) is 5.32 Å². The molecule has 1 heterocycles. The van der Waals surface area contributed by atoms with Gasteiger partial charge in [0.25, 0.3) is 0 Å². The van der Waals surface area contributed by atoms with Crippen LogP contribution in [0.3, 0.4) is 0 Å². The van der Waals surface area contributed by atoms with Crippen LogP contribution in [-0.4, -0.2) is 24.7 Å². The number of anilines is 2. The highest BCUT2D eigenvalue weighted by Crippen LogP contribution is 2.31. The Hall–Kier alpha value is -1.00. The van der Waals surface area contributed by atoms with Crippen LogP contribution >= 0.6 is 23.8 Å². The second-order valence-corrected chi connectivity index (χ2v) is 5.54. The molecule has 0 unspecified atom stereocenters. The van der Waals surface area contributed by atoms with Gasteiger partial charge in [-0.3, -0.25) is 0 Å². The predicted molar refractivity (Wildman–Crippen MR) is 87.4 cm³/mol. The van der Waals surface area contributed by atoms with E-state index in [0.29, 0.717) is 5.11 Å². The highest BCUT2D eigenvalue weighted by Gasteiger charge is 2.15. The lowest BCUT2D eigenvalue weighted by Crippen LogP contribution is -2.32. The molecule has 1 aliphatic heterocycles. The van der Waals surface area contributed by atoms with Gasteiger partial charge in [0.15, 0.2) is 5.11 Å². The van der Waals surface area contributed by atoms with Crippen LogP contribution in [-0.2, 0) is 0 Å². The first-order valence-corrected chi connectivity index (χ1v) is 7.58. The van der Waals surface area contributed by atoms with E-state index in [4.69, 9.17) is 23.8 Å². The van der Waals surface area contributed by atoms with Gasteiger partial charge in [-0.05, 0) is 56.6 Å². The van der Waals surface area contributed by atoms with Crippen LogP contribution in [0.2, 0.25) is 5.02 Å². The third-order valence-electron chi connectivity index (χ3n) is 3.24. The summed E-state index contributed by atoms with van der Waals surface area (Å²) >= 11 is 11.3. The summed E-state index contributed by atoms with van der Waals surface area (Å²) in [5, 5.41) is 7.71. The molecule has 0 spiro atoms. The minimum atomic E-state index is 0.642. The summed E-state index contributed by atoms with van der Waals surface area (Å²) in [5.74, 6) is 0. The first kappa shape index (κ1) is 14.4. The predicted octanol–water partition coefficient (Wildman–Crippen LogP) is 3.64. The van der Waals surface area contributed by atoms with Crippen molar-refractivity contribution in [2.75, 3.05) is 29.9 Å². The fraction of sp³-hybridized carbons (Fsp3) is 0.500. The van der Waals surface area contributed by atoms with E-state index in [-0.39, 0.29) is 0 Å². The molecule has 0 aromatic heterocycles. The third kappa shape index (κ3) is 3.98. The number of benzene rings is 1. The average Bonchev–Trinajstić information content (AvgIpc) is 2.40. The van der Waals surface area contributed by atoms with Gasteiger partial charge in [-0.1, -0.05) is 11.6 Å². The lowest BCUT2D eigenvalue weighted by Gasteiger charge is -2.31. The van der Waals surface area contributed by atoms with Crippen LogP contribution in [0.25, 0.3) is 0 Å². The van der Waals surface area contributed by atoms with Gasteiger partial charge in [-0.15, -0.1) is 0 Å². The number of rotatable bonds is 3. The van der Waals surface area contributed by atoms with Gasteiger partial charge in [0.1, 0.15) is 0 Å². The standard InChI is InChI=1S/C14H20ClN3S/c1-2-16-14(19)17-12-10-11(15)6-7-13(12)18-8-4-3-5-9-18/h6-7,10H,2-5,8-9H2,1H3,(H2,16,17,19). The lowest BCUT2D eigenvalue weighted by atomic mass is 10.1. The number of hydrogen-bond acceptors (Lipinski definition) is 2. The first-order valence-electron chi connectivity index (χ1n) is 6.80. The van der Waals surface area contributed by atoms with Gasteiger partial charge < -0.3 is 15.5 Å². The Kier molecular flexibility index (Phi) is 5.28. The molecule has 0 bridgehead atoms. The van der Waals surface area contributed by atoms with Gasteiger partial charge in [-0.25, -0.2) is 0 Å². The molecule has 1 fully saturated rings. The summed E-state index contributed by atoms with van der Waals surface area (Å²) in [6.07, 6.45) is 3.82. The average molecular weight is 298 g/mol. The fourth-order valence-corrected chi connectivity index (χ4v) is 2.77. The summed E-state index contributed by atoms with van der Waals surface area (Å²) in [6.45, 7) is 5.04. The zero-order valence-electron chi connectivity index (χ0n) is 11.2. The van der Waals surface area contributed by atoms with Gasteiger partial charge in [0, 0.05) is 24.7 Å². The molecule has 1 aromatic rings. The molecule has 0 atom stereocenters. The highest BCUT2D eigenvalue weighted by molar-refractivity contribution is 7.80. The Morgan fingerprint density at radius 2 is 2.05 bits per heavy atom. The first-order chi connectivity index (χ1) is 9.20. The highest BCUT2D eigenvalue weighted by atomic mass is 35.5. The SMILES string of the molecule is CCNC(=S)Nc1cc(Cl)ccc1N1CCCCC1. The summed E-state index contributed by atoms with van der Waals surface area (Å²) < 4.78 is 0. The molecule has 0 radical (unpaired) electrons. The zero-order valence-corrected chi connectivity index (χ0v) is 12.8. The Labute approximate surface area is 125 Å². The van der Waals surface area contributed by atoms with Gasteiger partial charge in [-0.2, -0.15) is 0 Å². The van der Waals surface area contributed by atoms with E-state index in [9.17, 15) is 0 Å². The quantitative estimate of drug-likeness (QED) is 0.833. The Morgan fingerprint density at radius 1 is 1.32 bits per heavy atom. The maximum atomic E-state index is 6.09. The van der Waals surface area contributed by atoms with Crippen LogP contribution in [0.4, 0.5) is 11.4 Å². The van der Waals surface area contributed by atoms with Crippen molar-refractivity contribution in [3.63, 3.8) is 0 Å². The summed E-state index contributed by atoms with van der Waals surface area (Å²) in [4.78, 5) is 2.40. The molecule has 2 rings (SSSR count). The molecule has 5 heteroatoms. The largest absolute Gasteiger partial charge is 0.370 e. The van der Waals surface area contributed by atoms with E-state index in [0.717, 1.165) is 30.3 Å². The Bertz CT molecular complexity index is 444. The van der Waals surface area contributed by atoms with E-state index >= 15 is 0 Å². The van der Waals surface area contributed by atoms with Gasteiger partial charge >= 0.3 is 0 Å². The van der Waals surface area contributed by atoms with Crippen molar-refractivity contribution in [2.45, 2.75) is 26.2 Å². The van der Waals surface area contributed by atoms with Crippen LogP contribution < -0.4 is 15.5 Å². The number of hydrogen-bond donors (Lipinski definition) is 2. The van der Waals surface area contributed by atoms with Crippen LogP contribution in [0, 0.1) is 0 Å². The second-order valence-electron chi connectivity index (χ2n) is 4.69. The Morgan fingerprint density at radius 3 is 2.74 bits per heavy atom. The van der Waals surface area contributed by atoms with Crippen molar-refractivity contribution in [1.29, 1.82) is 0 Å². The molecule has 0 aliphatic carbocycles. The lowest BCUT2D eigenvalue weighted by molar-refractivity contribution is 0.578. The minimum absolute atomic E-state index is 0.642. The fourth-order valence-electron chi connectivity index (χ4n) is 2.35. The molecule has 19 heavy (non-hydrogen) atoms. The number of piperidine rings is 1. The molecule has 1 saturated heterocycles. The third-order valence-corrected chi connectivity index (χ3v) is 3.72. The molecule has 0 amide bonds. The molecule has 1 aromatic carbocycles. The van der Waals surface area contributed by atoms with Crippen LogP contribution in [0.1, 0.15) is 26.2 Å². The summed E-state index contributed by atoms with van der Waals surface area (Å²) in [6, 6.07) is 5.95. The molecule has 2 N–H and O–H groups in total. The van der Waals surface area contributed by atoms with Crippen LogP contribution in [0.15, 0.2) is 18.2 Å². The maximum Gasteiger partial charge on any atom is 0.170 e. The summed E-state index contributed by atoms with van der Waals surface area (Å²) in [7, 11) is 0. The monoisotopic (exact) mass is 297 g/mol. The molecule has 104 valence electrons. The van der Waals surface area contributed by atoms with E-state index in [1.807, 2.05) is 19.1 Å². The summed E-state index contributed by atoms with van der Waals surface area (Å²) in [5.41, 5.74) is 2.17. The maximum absolute atomic E-state index is 6.09. The second kappa shape index (κ2) is 6.96. The number of halogens is 1. The molecule has 3 nitrogen and oxygen atoms in total. The van der Waals surface area contributed by atoms with Crippen molar-refractivity contribution >= 4 is 40.3 Å². The molecular formula is C14H20ClN3S. The number of nitrogens with zero attached hydrogens (tertiary/aromatic N) is 1. The van der Waals surface area contributed by atoms with Crippen molar-refractivity contribution < 1.29 is 0 Å². The zero-order chi connectivity index (χ0) is 13.7. The van der Waals surface area contributed by atoms with Gasteiger partial charge in [0.2, 0.25) is 0 Å². The molecular weight excluding hydrogens is 278 g/mol. The molecule has 1 aliphatic rings. The van der Waals surface area contributed by atoms with E-state index in [1.165, 1.54) is 24.9 Å². The van der Waals surface area contributed by atoms with Crippen molar-refractivity contribution in [3.05, 3.63) is 23.2 Å². The van der Waals surface area contributed by atoms with E-state index < -0.39 is 0 Å². The van der Waals surface area contributed by atoms with E-state index in [2.05, 4.69) is 21.6 Å². The minimum Gasteiger partial charge on any atom is -0.370 e. The normalized spacial score (nSPS) is 15.2. The number of thiocarbonyl (C=S) groups is 1. The smallest absolute Gasteiger partial charge is 0.170 e. The van der Waals surface area contributed by atoms with Crippen molar-refractivity contribution in [2.24, 2.45) is 0 Å². The van der Waals surface area contributed by atoms with Crippen molar-refractivity contribution in [3.8, 4) is 0 Å². The number of nitrogens with one attached hydrogen (secondary N) is 2. The van der Waals surface area contributed by atoms with Crippen LogP contribution in [0.5, 0.6) is 0 Å². The molecule has 0 saturated carbocycles. The Balaban J connectivity index is 2.19. The topological polar surface area (TPSA) is 27.3 Å².